The van der Waals surface area contributed by atoms with Gasteiger partial charge in [-0.3, -0.25) is 4.79 Å². The second-order valence-electron chi connectivity index (χ2n) is 7.54. The van der Waals surface area contributed by atoms with Gasteiger partial charge in [0.15, 0.2) is 0 Å². The summed E-state index contributed by atoms with van der Waals surface area (Å²) in [4.78, 5) is 11.2. The van der Waals surface area contributed by atoms with Crippen molar-refractivity contribution in [3.05, 3.63) is 12.2 Å². The summed E-state index contributed by atoms with van der Waals surface area (Å²) in [6.07, 6.45) is 4.98. The fourth-order valence-electron chi connectivity index (χ4n) is 4.11. The summed E-state index contributed by atoms with van der Waals surface area (Å²) in [6.45, 7) is 11.8. The molecule has 0 heterocycles. The molecule has 0 unspecified atom stereocenters. The van der Waals surface area contributed by atoms with Crippen molar-refractivity contribution in [2.75, 3.05) is 0 Å². The topological polar surface area (TPSA) is 46.5 Å². The van der Waals surface area contributed by atoms with Crippen LogP contribution in [0.15, 0.2) is 12.2 Å². The van der Waals surface area contributed by atoms with E-state index < -0.39 is 5.60 Å². The normalized spacial score (nSPS) is 38.2. The van der Waals surface area contributed by atoms with E-state index in [0.717, 1.165) is 37.7 Å². The molecule has 1 N–H and O–H groups in total. The summed E-state index contributed by atoms with van der Waals surface area (Å²) in [7, 11) is 0. The van der Waals surface area contributed by atoms with Crippen LogP contribution in [0.1, 0.15) is 59.8 Å². The van der Waals surface area contributed by atoms with Crippen molar-refractivity contribution in [3.8, 4) is 0 Å². The zero-order chi connectivity index (χ0) is 15.1. The number of carbonyl (C=O) groups excluding carboxylic acids is 1. The third-order valence-corrected chi connectivity index (χ3v) is 5.57. The van der Waals surface area contributed by atoms with Gasteiger partial charge in [-0.1, -0.05) is 13.5 Å². The molecular formula is C17H28O3. The number of ether oxygens (including phenoxy) is 1. The Balaban J connectivity index is 2.16. The molecule has 0 amide bonds. The van der Waals surface area contributed by atoms with E-state index in [2.05, 4.69) is 13.5 Å². The number of fused-ring (bicyclic) bond motifs is 1. The number of rotatable bonds is 2. The van der Waals surface area contributed by atoms with Crippen LogP contribution >= 0.6 is 0 Å². The van der Waals surface area contributed by atoms with Crippen LogP contribution in [0.4, 0.5) is 0 Å². The highest BCUT2D eigenvalue weighted by atomic mass is 16.5. The van der Waals surface area contributed by atoms with Gasteiger partial charge in [-0.05, 0) is 68.8 Å². The predicted octanol–water partition coefficient (Wildman–Crippen LogP) is 3.46. The van der Waals surface area contributed by atoms with Gasteiger partial charge >= 0.3 is 5.97 Å². The molecule has 0 radical (unpaired) electrons. The zero-order valence-corrected chi connectivity index (χ0v) is 13.2. The standard InChI is InChI=1S/C17H28O3/c1-11-14-10-13(16(3,4)19)6-8-17(14,5)9-7-15(11)20-12(2)18/h13-15,19H,1,6-10H2,2-5H3/t13-,14+,15+,17+/m0/s1. The van der Waals surface area contributed by atoms with Crippen LogP contribution in [0.5, 0.6) is 0 Å². The van der Waals surface area contributed by atoms with Crippen molar-refractivity contribution in [1.29, 1.82) is 0 Å². The first-order chi connectivity index (χ1) is 9.13. The number of hydrogen-bond acceptors (Lipinski definition) is 3. The maximum Gasteiger partial charge on any atom is 0.303 e. The van der Waals surface area contributed by atoms with Gasteiger partial charge < -0.3 is 9.84 Å². The fourth-order valence-corrected chi connectivity index (χ4v) is 4.11. The van der Waals surface area contributed by atoms with E-state index in [0.29, 0.717) is 11.8 Å². The van der Waals surface area contributed by atoms with Gasteiger partial charge in [0.05, 0.1) is 5.60 Å². The molecule has 0 saturated heterocycles. The lowest BCUT2D eigenvalue weighted by Gasteiger charge is -2.52. The highest BCUT2D eigenvalue weighted by molar-refractivity contribution is 5.66. The predicted molar refractivity (Wildman–Crippen MR) is 79.2 cm³/mol. The molecule has 2 aliphatic rings. The summed E-state index contributed by atoms with van der Waals surface area (Å²) in [5.41, 5.74) is 0.675. The van der Waals surface area contributed by atoms with Crippen molar-refractivity contribution >= 4 is 5.97 Å². The highest BCUT2D eigenvalue weighted by Gasteiger charge is 2.48. The Bertz CT molecular complexity index is 407. The van der Waals surface area contributed by atoms with E-state index in [1.807, 2.05) is 13.8 Å². The van der Waals surface area contributed by atoms with Crippen molar-refractivity contribution in [1.82, 2.24) is 0 Å². The second-order valence-corrected chi connectivity index (χ2v) is 7.54. The Morgan fingerprint density at radius 1 is 1.40 bits per heavy atom. The second kappa shape index (κ2) is 5.18. The summed E-state index contributed by atoms with van der Waals surface area (Å²) < 4.78 is 5.42. The largest absolute Gasteiger partial charge is 0.458 e. The lowest BCUT2D eigenvalue weighted by Crippen LogP contribution is -2.47. The van der Waals surface area contributed by atoms with Crippen molar-refractivity contribution in [2.45, 2.75) is 71.5 Å². The lowest BCUT2D eigenvalue weighted by molar-refractivity contribution is -0.148. The van der Waals surface area contributed by atoms with Crippen molar-refractivity contribution < 1.29 is 14.6 Å². The van der Waals surface area contributed by atoms with Gasteiger partial charge in [0.25, 0.3) is 0 Å². The molecule has 3 nitrogen and oxygen atoms in total. The quantitative estimate of drug-likeness (QED) is 0.622. The molecule has 2 aliphatic carbocycles. The summed E-state index contributed by atoms with van der Waals surface area (Å²) in [5.74, 6) is 0.425. The van der Waals surface area contributed by atoms with E-state index in [1.165, 1.54) is 6.92 Å². The third-order valence-electron chi connectivity index (χ3n) is 5.57. The number of carbonyl (C=O) groups is 1. The number of aliphatic hydroxyl groups is 1. The molecular weight excluding hydrogens is 252 g/mol. The van der Waals surface area contributed by atoms with E-state index in [1.54, 1.807) is 0 Å². The summed E-state index contributed by atoms with van der Waals surface area (Å²) in [6, 6.07) is 0. The molecule has 0 bridgehead atoms. The lowest BCUT2D eigenvalue weighted by atomic mass is 9.55. The Labute approximate surface area is 122 Å². The monoisotopic (exact) mass is 280 g/mol. The molecule has 2 fully saturated rings. The van der Waals surface area contributed by atoms with Crippen LogP contribution < -0.4 is 0 Å². The zero-order valence-electron chi connectivity index (χ0n) is 13.2. The number of esters is 1. The molecule has 0 aromatic heterocycles. The first kappa shape index (κ1) is 15.6. The Kier molecular flexibility index (Phi) is 4.03. The van der Waals surface area contributed by atoms with E-state index >= 15 is 0 Å². The molecule has 114 valence electrons. The molecule has 2 saturated carbocycles. The Hall–Kier alpha value is -0.830. The molecule has 4 atom stereocenters. The summed E-state index contributed by atoms with van der Waals surface area (Å²) >= 11 is 0. The number of hydrogen-bond donors (Lipinski definition) is 1. The highest BCUT2D eigenvalue weighted by Crippen LogP contribution is 2.55. The van der Waals surface area contributed by atoms with Gasteiger partial charge in [-0.15, -0.1) is 0 Å². The van der Waals surface area contributed by atoms with E-state index in [-0.39, 0.29) is 17.5 Å². The van der Waals surface area contributed by atoms with Gasteiger partial charge in [-0.25, -0.2) is 0 Å². The molecule has 20 heavy (non-hydrogen) atoms. The van der Waals surface area contributed by atoms with Crippen LogP contribution in [-0.2, 0) is 9.53 Å². The first-order valence-corrected chi connectivity index (χ1v) is 7.72. The van der Waals surface area contributed by atoms with Crippen LogP contribution in [0, 0.1) is 17.3 Å². The molecule has 0 aromatic rings. The molecule has 2 rings (SSSR count). The molecule has 0 aromatic carbocycles. The van der Waals surface area contributed by atoms with Gasteiger partial charge in [-0.2, -0.15) is 0 Å². The Morgan fingerprint density at radius 2 is 2.00 bits per heavy atom. The SMILES string of the molecule is C=C1[C@H]2C[C@@H](C(C)(C)O)CC[C@]2(C)CC[C@H]1OC(C)=O. The van der Waals surface area contributed by atoms with Crippen LogP contribution in [-0.4, -0.2) is 22.8 Å². The van der Waals surface area contributed by atoms with Crippen molar-refractivity contribution in [2.24, 2.45) is 17.3 Å². The molecule has 3 heteroatoms. The smallest absolute Gasteiger partial charge is 0.303 e. The van der Waals surface area contributed by atoms with E-state index in [9.17, 15) is 9.90 Å². The maximum absolute atomic E-state index is 11.2. The average molecular weight is 280 g/mol. The van der Waals surface area contributed by atoms with Crippen LogP contribution in [0.25, 0.3) is 0 Å². The van der Waals surface area contributed by atoms with Crippen LogP contribution in [0.3, 0.4) is 0 Å². The van der Waals surface area contributed by atoms with Gasteiger partial charge in [0, 0.05) is 6.92 Å². The average Bonchev–Trinajstić information content (AvgIpc) is 2.31. The minimum Gasteiger partial charge on any atom is -0.458 e. The fraction of sp³-hybridized carbons (Fsp3) is 0.824. The van der Waals surface area contributed by atoms with Gasteiger partial charge in [0.2, 0.25) is 0 Å². The first-order valence-electron chi connectivity index (χ1n) is 7.72. The van der Waals surface area contributed by atoms with E-state index in [4.69, 9.17) is 4.74 Å². The van der Waals surface area contributed by atoms with Crippen molar-refractivity contribution in [3.63, 3.8) is 0 Å². The third kappa shape index (κ3) is 2.93. The molecule has 0 aliphatic heterocycles. The van der Waals surface area contributed by atoms with Crippen LogP contribution in [0.2, 0.25) is 0 Å². The maximum atomic E-state index is 11.2. The van der Waals surface area contributed by atoms with Gasteiger partial charge in [0.1, 0.15) is 6.10 Å². The molecule has 0 spiro atoms. The minimum absolute atomic E-state index is 0.133. The summed E-state index contributed by atoms with van der Waals surface area (Å²) in [5, 5.41) is 10.3. The Morgan fingerprint density at radius 3 is 2.55 bits per heavy atom. The minimum atomic E-state index is -0.643.